The van der Waals surface area contributed by atoms with Crippen molar-refractivity contribution in [2.24, 2.45) is 11.8 Å². The van der Waals surface area contributed by atoms with Crippen LogP contribution in [0.5, 0.6) is 0 Å². The molecule has 0 aromatic heterocycles. The fraction of sp³-hybridized carbons (Fsp3) is 0.762. The Bertz CT molecular complexity index is 679. The van der Waals surface area contributed by atoms with Crippen molar-refractivity contribution in [1.29, 1.82) is 0 Å². The normalized spacial score (nSPS) is 25.4. The Labute approximate surface area is 176 Å². The van der Waals surface area contributed by atoms with E-state index in [1.54, 1.807) is 0 Å². The van der Waals surface area contributed by atoms with Gasteiger partial charge in [-0.05, 0) is 32.6 Å². The Morgan fingerprint density at radius 2 is 1.53 bits per heavy atom. The Balaban J connectivity index is 1.39. The van der Waals surface area contributed by atoms with E-state index in [-0.39, 0.29) is 42.7 Å². The van der Waals surface area contributed by atoms with Gasteiger partial charge in [0, 0.05) is 12.6 Å². The molecule has 166 valence electrons. The Morgan fingerprint density at radius 1 is 0.967 bits per heavy atom. The second-order valence-corrected chi connectivity index (χ2v) is 8.51. The monoisotopic (exact) mass is 421 g/mol. The summed E-state index contributed by atoms with van der Waals surface area (Å²) < 4.78 is 5.07. The number of nitrogens with one attached hydrogen (secondary N) is 2. The van der Waals surface area contributed by atoms with Gasteiger partial charge >= 0.3 is 12.0 Å². The lowest BCUT2D eigenvalue weighted by Crippen LogP contribution is -2.48. The second kappa shape index (κ2) is 10.0. The van der Waals surface area contributed by atoms with Gasteiger partial charge in [-0.15, -0.1) is 0 Å². The molecule has 0 unspecified atom stereocenters. The van der Waals surface area contributed by atoms with Gasteiger partial charge in [0.2, 0.25) is 11.8 Å². The van der Waals surface area contributed by atoms with Gasteiger partial charge in [-0.3, -0.25) is 29.4 Å². The first-order valence-corrected chi connectivity index (χ1v) is 11.0. The number of likely N-dealkylation sites (tertiary alicyclic amines) is 1. The minimum Gasteiger partial charge on any atom is -0.452 e. The molecule has 30 heavy (non-hydrogen) atoms. The van der Waals surface area contributed by atoms with Crippen LogP contribution in [-0.4, -0.2) is 53.3 Å². The van der Waals surface area contributed by atoms with Crippen LogP contribution < -0.4 is 10.6 Å². The summed E-state index contributed by atoms with van der Waals surface area (Å²) >= 11 is 0. The zero-order valence-electron chi connectivity index (χ0n) is 17.5. The smallest absolute Gasteiger partial charge is 0.321 e. The van der Waals surface area contributed by atoms with Crippen molar-refractivity contribution in [2.75, 3.05) is 6.54 Å². The van der Waals surface area contributed by atoms with Crippen LogP contribution in [0.2, 0.25) is 0 Å². The zero-order chi connectivity index (χ0) is 21.7. The molecule has 9 nitrogen and oxygen atoms in total. The topological polar surface area (TPSA) is 122 Å². The zero-order valence-corrected chi connectivity index (χ0v) is 17.5. The predicted octanol–water partition coefficient (Wildman–Crippen LogP) is 1.64. The Kier molecular flexibility index (Phi) is 7.44. The third-order valence-corrected chi connectivity index (χ3v) is 6.33. The predicted molar refractivity (Wildman–Crippen MR) is 106 cm³/mol. The first kappa shape index (κ1) is 22.2. The lowest BCUT2D eigenvalue weighted by Gasteiger charge is -2.23. The van der Waals surface area contributed by atoms with E-state index in [1.807, 2.05) is 0 Å². The van der Waals surface area contributed by atoms with E-state index < -0.39 is 24.0 Å². The maximum atomic E-state index is 12.4. The van der Waals surface area contributed by atoms with Crippen molar-refractivity contribution in [3.63, 3.8) is 0 Å². The minimum atomic E-state index is -1.15. The number of ether oxygens (including phenoxy) is 1. The van der Waals surface area contributed by atoms with E-state index in [9.17, 15) is 24.0 Å². The van der Waals surface area contributed by atoms with Gasteiger partial charge in [0.15, 0.2) is 6.10 Å². The summed E-state index contributed by atoms with van der Waals surface area (Å²) in [4.78, 5) is 62.1. The number of urea groups is 1. The van der Waals surface area contributed by atoms with Gasteiger partial charge in [0.25, 0.3) is 5.91 Å². The maximum Gasteiger partial charge on any atom is 0.321 e. The largest absolute Gasteiger partial charge is 0.452 e. The average molecular weight is 421 g/mol. The first-order chi connectivity index (χ1) is 14.4. The molecule has 1 saturated heterocycles. The molecule has 0 aromatic rings. The number of amides is 5. The van der Waals surface area contributed by atoms with Gasteiger partial charge in [0.05, 0.1) is 18.3 Å². The van der Waals surface area contributed by atoms with Crippen LogP contribution in [0, 0.1) is 11.8 Å². The van der Waals surface area contributed by atoms with Crippen LogP contribution in [0.1, 0.15) is 71.1 Å². The molecule has 5 amide bonds. The first-order valence-electron chi connectivity index (χ1n) is 11.0. The van der Waals surface area contributed by atoms with Crippen LogP contribution in [0.4, 0.5) is 4.79 Å². The van der Waals surface area contributed by atoms with Crippen molar-refractivity contribution in [2.45, 2.75) is 83.3 Å². The summed E-state index contributed by atoms with van der Waals surface area (Å²) in [5, 5.41) is 4.95. The standard InChI is InChI=1S/C21H31N3O6/c1-13(18(26)23-21(29)22-14-7-3-2-4-8-14)30-17(25)11-12-24-19(27)15-9-5-6-10-16(15)20(24)28/h13-16H,2-12H2,1H3,(H2,22,23,26,29)/t13-,15-,16-/m0/s1. The number of hydrogen-bond donors (Lipinski definition) is 2. The molecule has 1 aliphatic heterocycles. The molecule has 3 rings (SSSR count). The molecule has 0 radical (unpaired) electrons. The van der Waals surface area contributed by atoms with Crippen molar-refractivity contribution in [3.05, 3.63) is 0 Å². The number of imide groups is 2. The molecule has 0 spiro atoms. The van der Waals surface area contributed by atoms with Gasteiger partial charge in [-0.25, -0.2) is 4.79 Å². The minimum absolute atomic E-state index is 0.0417. The van der Waals surface area contributed by atoms with E-state index in [0.29, 0.717) is 0 Å². The van der Waals surface area contributed by atoms with E-state index in [4.69, 9.17) is 4.74 Å². The second-order valence-electron chi connectivity index (χ2n) is 8.51. The molecule has 2 aliphatic carbocycles. The molecule has 3 atom stereocenters. The number of carbonyl (C=O) groups is 5. The summed E-state index contributed by atoms with van der Waals surface area (Å²) in [5.41, 5.74) is 0. The molecular weight excluding hydrogens is 390 g/mol. The van der Waals surface area contributed by atoms with E-state index in [1.165, 1.54) is 6.92 Å². The Hall–Kier alpha value is -2.45. The number of hydrogen-bond acceptors (Lipinski definition) is 6. The van der Waals surface area contributed by atoms with Crippen LogP contribution in [0.3, 0.4) is 0 Å². The lowest BCUT2D eigenvalue weighted by atomic mass is 9.81. The average Bonchev–Trinajstić information content (AvgIpc) is 2.97. The number of rotatable bonds is 6. The molecule has 3 aliphatic rings. The van der Waals surface area contributed by atoms with Crippen molar-refractivity contribution in [3.8, 4) is 0 Å². The van der Waals surface area contributed by atoms with Crippen molar-refractivity contribution >= 4 is 29.7 Å². The fourth-order valence-electron chi connectivity index (χ4n) is 4.65. The van der Waals surface area contributed by atoms with Crippen LogP contribution in [-0.2, 0) is 23.9 Å². The fourth-order valence-corrected chi connectivity index (χ4v) is 4.65. The molecule has 0 aromatic carbocycles. The molecule has 1 heterocycles. The molecule has 0 bridgehead atoms. The highest BCUT2D eigenvalue weighted by Crippen LogP contribution is 2.37. The van der Waals surface area contributed by atoms with E-state index >= 15 is 0 Å². The number of carbonyl (C=O) groups excluding carboxylic acids is 5. The lowest BCUT2D eigenvalue weighted by molar-refractivity contribution is -0.155. The highest BCUT2D eigenvalue weighted by atomic mass is 16.5. The van der Waals surface area contributed by atoms with E-state index in [0.717, 1.165) is 62.7 Å². The summed E-state index contributed by atoms with van der Waals surface area (Å²) in [7, 11) is 0. The van der Waals surface area contributed by atoms with E-state index in [2.05, 4.69) is 10.6 Å². The quantitative estimate of drug-likeness (QED) is 0.497. The van der Waals surface area contributed by atoms with Gasteiger partial charge in [0.1, 0.15) is 0 Å². The summed E-state index contributed by atoms with van der Waals surface area (Å²) in [6.45, 7) is 1.34. The van der Waals surface area contributed by atoms with Gasteiger partial charge in [-0.1, -0.05) is 32.1 Å². The number of esters is 1. The maximum absolute atomic E-state index is 12.4. The third kappa shape index (κ3) is 5.37. The SMILES string of the molecule is C[C@H](OC(=O)CCN1C(=O)[C@H]2CCCC[C@@H]2C1=O)C(=O)NC(=O)NC1CCCCC1. The van der Waals surface area contributed by atoms with Crippen LogP contribution >= 0.6 is 0 Å². The molecule has 2 N–H and O–H groups in total. The third-order valence-electron chi connectivity index (χ3n) is 6.33. The van der Waals surface area contributed by atoms with Crippen molar-refractivity contribution in [1.82, 2.24) is 15.5 Å². The molecule has 9 heteroatoms. The molecular formula is C21H31N3O6. The molecule has 2 saturated carbocycles. The van der Waals surface area contributed by atoms with Gasteiger partial charge in [-0.2, -0.15) is 0 Å². The van der Waals surface area contributed by atoms with Crippen LogP contribution in [0.25, 0.3) is 0 Å². The number of fused-ring (bicyclic) bond motifs is 1. The Morgan fingerprint density at radius 3 is 2.13 bits per heavy atom. The highest BCUT2D eigenvalue weighted by molar-refractivity contribution is 6.05. The summed E-state index contributed by atoms with van der Waals surface area (Å²) in [5.74, 6) is -2.33. The summed E-state index contributed by atoms with van der Waals surface area (Å²) in [6.07, 6.45) is 7.03. The van der Waals surface area contributed by atoms with Gasteiger partial charge < -0.3 is 10.1 Å². The molecule has 3 fully saturated rings. The van der Waals surface area contributed by atoms with Crippen molar-refractivity contribution < 1.29 is 28.7 Å². The highest BCUT2D eigenvalue weighted by Gasteiger charge is 2.47. The number of nitrogens with zero attached hydrogens (tertiary/aromatic N) is 1. The van der Waals surface area contributed by atoms with Crippen LogP contribution in [0.15, 0.2) is 0 Å². The summed E-state index contributed by atoms with van der Waals surface area (Å²) in [6, 6.07) is -0.533.